The fourth-order valence-electron chi connectivity index (χ4n) is 4.80. The lowest BCUT2D eigenvalue weighted by Gasteiger charge is -2.46. The number of nitrogens with zero attached hydrogens (tertiary/aromatic N) is 3. The molecule has 0 bridgehead atoms. The summed E-state index contributed by atoms with van der Waals surface area (Å²) in [4.78, 5) is 41.1. The van der Waals surface area contributed by atoms with E-state index < -0.39 is 23.9 Å². The Labute approximate surface area is 216 Å². The molecule has 1 saturated carbocycles. The van der Waals surface area contributed by atoms with Crippen molar-refractivity contribution in [3.05, 3.63) is 42.5 Å². The monoisotopic (exact) mass is 538 g/mol. The van der Waals surface area contributed by atoms with Gasteiger partial charge in [-0.2, -0.15) is 13.2 Å². The first-order valence-electron chi connectivity index (χ1n) is 12.3. The number of carboxylic acids is 1. The molecule has 1 atom stereocenters. The second kappa shape index (κ2) is 11.0. The van der Waals surface area contributed by atoms with Crippen LogP contribution >= 0.6 is 0 Å². The molecule has 1 aromatic heterocycles. The number of aliphatic carboxylic acids is 1. The third-order valence-electron chi connectivity index (χ3n) is 7.06. The van der Waals surface area contributed by atoms with Crippen molar-refractivity contribution in [3.63, 3.8) is 0 Å². The third kappa shape index (κ3) is 5.93. The molecular formula is C25H29F3N4O6. The Morgan fingerprint density at radius 3 is 2.47 bits per heavy atom. The fourth-order valence-corrected chi connectivity index (χ4v) is 4.80. The molecule has 38 heavy (non-hydrogen) atoms. The second-order valence-corrected chi connectivity index (χ2v) is 9.48. The SMILES string of the molecule is COc1cccc(NC(=O)C2Cn3ccnc3C3(CCN(C(=O)C4CCC4)CC3)O2)c1.O=C(O)C(F)(F)F. The molecule has 3 heterocycles. The van der Waals surface area contributed by atoms with Crippen LogP contribution in [0.5, 0.6) is 5.75 Å². The predicted octanol–water partition coefficient (Wildman–Crippen LogP) is 3.18. The van der Waals surface area contributed by atoms with E-state index in [1.165, 1.54) is 0 Å². The summed E-state index contributed by atoms with van der Waals surface area (Å²) in [5.41, 5.74) is 0.0217. The molecule has 1 spiro atoms. The molecule has 5 rings (SSSR count). The van der Waals surface area contributed by atoms with Crippen LogP contribution in [0.3, 0.4) is 0 Å². The number of likely N-dealkylation sites (tertiary alicyclic amines) is 1. The van der Waals surface area contributed by atoms with Crippen LogP contribution < -0.4 is 10.1 Å². The number of halogens is 3. The average Bonchev–Trinajstić information content (AvgIpc) is 3.33. The van der Waals surface area contributed by atoms with Crippen LogP contribution in [-0.2, 0) is 31.3 Å². The molecule has 1 saturated heterocycles. The lowest BCUT2D eigenvalue weighted by molar-refractivity contribution is -0.192. The Balaban J connectivity index is 0.000000426. The molecule has 1 aromatic carbocycles. The number of amides is 2. The molecule has 2 amide bonds. The first-order valence-corrected chi connectivity index (χ1v) is 12.3. The quantitative estimate of drug-likeness (QED) is 0.613. The number of piperidine rings is 1. The van der Waals surface area contributed by atoms with Crippen molar-refractivity contribution < 1.29 is 42.1 Å². The topological polar surface area (TPSA) is 123 Å². The molecule has 2 N–H and O–H groups in total. The summed E-state index contributed by atoms with van der Waals surface area (Å²) in [5, 5.41) is 10.1. The third-order valence-corrected chi connectivity index (χ3v) is 7.06. The van der Waals surface area contributed by atoms with Gasteiger partial charge in [0.15, 0.2) is 6.10 Å². The number of carbonyl (C=O) groups excluding carboxylic acids is 2. The summed E-state index contributed by atoms with van der Waals surface area (Å²) in [7, 11) is 1.59. The first kappa shape index (κ1) is 27.4. The molecule has 2 aliphatic heterocycles. The minimum atomic E-state index is -5.08. The minimum absolute atomic E-state index is 0.194. The maximum Gasteiger partial charge on any atom is 0.490 e. The molecular weight excluding hydrogens is 509 g/mol. The molecule has 13 heteroatoms. The normalized spacial score (nSPS) is 20.4. The van der Waals surface area contributed by atoms with Gasteiger partial charge < -0.3 is 29.4 Å². The van der Waals surface area contributed by atoms with E-state index in [9.17, 15) is 22.8 Å². The van der Waals surface area contributed by atoms with Crippen LogP contribution in [0, 0.1) is 5.92 Å². The number of rotatable bonds is 4. The molecule has 3 aliphatic rings. The number of carboxylic acid groups (broad SMARTS) is 1. The van der Waals surface area contributed by atoms with Crippen molar-refractivity contribution in [2.45, 2.75) is 56.5 Å². The van der Waals surface area contributed by atoms with Gasteiger partial charge in [-0.25, -0.2) is 9.78 Å². The van der Waals surface area contributed by atoms with Gasteiger partial charge in [0, 0.05) is 56.0 Å². The van der Waals surface area contributed by atoms with Gasteiger partial charge >= 0.3 is 12.1 Å². The number of nitrogens with one attached hydrogen (secondary N) is 1. The van der Waals surface area contributed by atoms with Crippen molar-refractivity contribution >= 4 is 23.5 Å². The van der Waals surface area contributed by atoms with E-state index in [-0.39, 0.29) is 17.7 Å². The maximum atomic E-state index is 13.1. The van der Waals surface area contributed by atoms with E-state index in [0.29, 0.717) is 43.9 Å². The molecule has 1 unspecified atom stereocenters. The van der Waals surface area contributed by atoms with Gasteiger partial charge in [0.05, 0.1) is 13.7 Å². The summed E-state index contributed by atoms with van der Waals surface area (Å²) in [5.74, 6) is -0.947. The second-order valence-electron chi connectivity index (χ2n) is 9.48. The summed E-state index contributed by atoms with van der Waals surface area (Å²) in [6.45, 7) is 1.68. The van der Waals surface area contributed by atoms with E-state index in [2.05, 4.69) is 10.3 Å². The molecule has 1 aliphatic carbocycles. The standard InChI is InChI=1S/C23H28N4O4.C2HF3O2/c1-30-18-7-3-6-17(14-18)25-20(28)19-15-27-13-10-24-22(27)23(31-19)8-11-26(12-9-23)21(29)16-4-2-5-16;3-2(4,5)1(6)7/h3,6-7,10,13-14,16,19H,2,4-5,8-9,11-12,15H2,1H3,(H,25,28);(H,6,7). The van der Waals surface area contributed by atoms with Gasteiger partial charge in [0.25, 0.3) is 5.91 Å². The van der Waals surface area contributed by atoms with Gasteiger partial charge in [0.2, 0.25) is 5.91 Å². The van der Waals surface area contributed by atoms with E-state index in [1.807, 2.05) is 33.9 Å². The van der Waals surface area contributed by atoms with Gasteiger partial charge in [0.1, 0.15) is 17.2 Å². The summed E-state index contributed by atoms with van der Waals surface area (Å²) >= 11 is 0. The maximum absolute atomic E-state index is 13.1. The van der Waals surface area contributed by atoms with Crippen LogP contribution in [0.25, 0.3) is 0 Å². The number of benzene rings is 1. The highest BCUT2D eigenvalue weighted by Gasteiger charge is 2.48. The summed E-state index contributed by atoms with van der Waals surface area (Å²) < 4.78 is 45.4. The predicted molar refractivity (Wildman–Crippen MR) is 127 cm³/mol. The molecule has 0 radical (unpaired) electrons. The van der Waals surface area contributed by atoms with Crippen molar-refractivity contribution in [2.75, 3.05) is 25.5 Å². The lowest BCUT2D eigenvalue weighted by Crippen LogP contribution is -2.54. The number of alkyl halides is 3. The number of aromatic nitrogens is 2. The highest BCUT2D eigenvalue weighted by molar-refractivity contribution is 5.94. The highest BCUT2D eigenvalue weighted by atomic mass is 19.4. The molecule has 2 aromatic rings. The van der Waals surface area contributed by atoms with Crippen molar-refractivity contribution in [3.8, 4) is 5.75 Å². The number of ether oxygens (including phenoxy) is 2. The zero-order chi connectivity index (χ0) is 27.5. The zero-order valence-electron chi connectivity index (χ0n) is 20.7. The summed E-state index contributed by atoms with van der Waals surface area (Å²) in [6, 6.07) is 7.27. The zero-order valence-corrected chi connectivity index (χ0v) is 20.7. The van der Waals surface area contributed by atoms with E-state index in [0.717, 1.165) is 25.1 Å². The van der Waals surface area contributed by atoms with E-state index >= 15 is 0 Å². The minimum Gasteiger partial charge on any atom is -0.497 e. The van der Waals surface area contributed by atoms with Crippen molar-refractivity contribution in [1.29, 1.82) is 0 Å². The van der Waals surface area contributed by atoms with Crippen molar-refractivity contribution in [1.82, 2.24) is 14.5 Å². The molecule has 2 fully saturated rings. The van der Waals surface area contributed by atoms with Crippen LogP contribution in [0.1, 0.15) is 37.9 Å². The Morgan fingerprint density at radius 2 is 1.89 bits per heavy atom. The van der Waals surface area contributed by atoms with Crippen LogP contribution in [-0.4, -0.2) is 69.8 Å². The van der Waals surface area contributed by atoms with Gasteiger partial charge in [-0.05, 0) is 25.0 Å². The van der Waals surface area contributed by atoms with Gasteiger partial charge in [-0.1, -0.05) is 12.5 Å². The number of imidazole rings is 1. The van der Waals surface area contributed by atoms with E-state index in [1.54, 1.807) is 19.4 Å². The number of fused-ring (bicyclic) bond motifs is 2. The Bertz CT molecular complexity index is 1170. The highest BCUT2D eigenvalue weighted by Crippen LogP contribution is 2.41. The number of hydrogen-bond acceptors (Lipinski definition) is 6. The number of carbonyl (C=O) groups is 3. The number of hydrogen-bond donors (Lipinski definition) is 2. The van der Waals surface area contributed by atoms with Crippen LogP contribution in [0.2, 0.25) is 0 Å². The first-order chi connectivity index (χ1) is 18.0. The molecule has 10 nitrogen and oxygen atoms in total. The number of anilines is 1. The average molecular weight is 539 g/mol. The smallest absolute Gasteiger partial charge is 0.490 e. The largest absolute Gasteiger partial charge is 0.497 e. The Morgan fingerprint density at radius 1 is 1.21 bits per heavy atom. The molecule has 206 valence electrons. The number of methoxy groups -OCH3 is 1. The fraction of sp³-hybridized carbons (Fsp3) is 0.520. The van der Waals surface area contributed by atoms with E-state index in [4.69, 9.17) is 19.4 Å². The van der Waals surface area contributed by atoms with Gasteiger partial charge in [-0.15, -0.1) is 0 Å². The van der Waals surface area contributed by atoms with Crippen LogP contribution in [0.15, 0.2) is 36.7 Å². The van der Waals surface area contributed by atoms with Crippen molar-refractivity contribution in [2.24, 2.45) is 5.92 Å². The van der Waals surface area contributed by atoms with Gasteiger partial charge in [-0.3, -0.25) is 9.59 Å². The van der Waals surface area contributed by atoms with Crippen LogP contribution in [0.4, 0.5) is 18.9 Å². The Kier molecular flexibility index (Phi) is 7.95. The lowest BCUT2D eigenvalue weighted by atomic mass is 9.82. The Hall–Kier alpha value is -3.61. The summed E-state index contributed by atoms with van der Waals surface area (Å²) in [6.07, 6.45) is 2.39.